The van der Waals surface area contributed by atoms with Gasteiger partial charge in [-0.15, -0.1) is 5.10 Å². The van der Waals surface area contributed by atoms with E-state index in [0.29, 0.717) is 62.1 Å². The second-order valence-corrected chi connectivity index (χ2v) is 16.5. The summed E-state index contributed by atoms with van der Waals surface area (Å²) in [6, 6.07) is 15.7. The molecule has 3 N–H and O–H groups in total. The van der Waals surface area contributed by atoms with Gasteiger partial charge in [-0.2, -0.15) is 0 Å². The molecule has 0 spiro atoms. The number of ether oxygens (including phenoxy) is 2. The van der Waals surface area contributed by atoms with Gasteiger partial charge in [-0.05, 0) is 62.0 Å². The molecule has 2 aliphatic rings. The molecule has 2 aromatic carbocycles. The summed E-state index contributed by atoms with van der Waals surface area (Å²) in [6.07, 6.45) is 3.32. The van der Waals surface area contributed by atoms with Gasteiger partial charge in [-0.3, -0.25) is 14.6 Å². The molecule has 0 saturated heterocycles. The van der Waals surface area contributed by atoms with E-state index in [0.717, 1.165) is 40.5 Å². The van der Waals surface area contributed by atoms with Crippen LogP contribution in [0, 0.1) is 22.7 Å². The summed E-state index contributed by atoms with van der Waals surface area (Å²) >= 11 is 0. The monoisotopic (exact) mass is 713 g/mol. The molecule has 282 valence electrons. The maximum Gasteiger partial charge on any atom is 0.227 e. The Labute approximate surface area is 309 Å². The molecule has 3 aromatic rings. The maximum atomic E-state index is 13.9. The minimum absolute atomic E-state index is 0.0562. The normalized spacial score (nSPS) is 19.2. The lowest BCUT2D eigenvalue weighted by Gasteiger charge is -2.30. The number of aliphatic imine (C=N–C) groups is 1. The maximum absolute atomic E-state index is 13.9. The van der Waals surface area contributed by atoms with Crippen molar-refractivity contribution in [3.05, 3.63) is 54.1 Å². The molecule has 1 aliphatic heterocycles. The number of nitrogens with zero attached hydrogens (tertiary/aromatic N) is 5. The van der Waals surface area contributed by atoms with E-state index < -0.39 is 5.60 Å². The van der Waals surface area contributed by atoms with Crippen LogP contribution in [0.3, 0.4) is 0 Å². The molecule has 2 heterocycles. The highest BCUT2D eigenvalue weighted by atomic mass is 16.5. The van der Waals surface area contributed by atoms with E-state index in [4.69, 9.17) is 20.2 Å². The third-order valence-electron chi connectivity index (χ3n) is 11.0. The molecular formula is C41H59N7O4. The number of hydrogen-bond donors (Lipinski definition) is 2. The number of amides is 2. The summed E-state index contributed by atoms with van der Waals surface area (Å²) in [7, 11) is 1.66. The largest absolute Gasteiger partial charge is 0.387 e. The number of nitrogens with two attached hydrogens (primary N) is 1. The van der Waals surface area contributed by atoms with E-state index in [9.17, 15) is 9.59 Å². The first-order chi connectivity index (χ1) is 24.6. The second-order valence-electron chi connectivity index (χ2n) is 16.5. The van der Waals surface area contributed by atoms with E-state index in [1.54, 1.807) is 12.0 Å². The van der Waals surface area contributed by atoms with Crippen LogP contribution < -0.4 is 16.0 Å². The number of fused-ring (bicyclic) bond motifs is 5. The zero-order valence-electron chi connectivity index (χ0n) is 32.5. The molecule has 1 saturated carbocycles. The van der Waals surface area contributed by atoms with Gasteiger partial charge in [-0.25, -0.2) is 4.68 Å². The quantitative estimate of drug-likeness (QED) is 0.118. The molecule has 52 heavy (non-hydrogen) atoms. The lowest BCUT2D eigenvalue weighted by molar-refractivity contribution is -0.126. The van der Waals surface area contributed by atoms with Crippen molar-refractivity contribution in [3.8, 4) is 22.5 Å². The van der Waals surface area contributed by atoms with Crippen molar-refractivity contribution < 1.29 is 19.1 Å². The van der Waals surface area contributed by atoms with Crippen LogP contribution in [0.25, 0.3) is 22.5 Å². The van der Waals surface area contributed by atoms with Crippen LogP contribution >= 0.6 is 0 Å². The Morgan fingerprint density at radius 1 is 1.08 bits per heavy atom. The number of carbonyl (C=O) groups excluding carboxylic acids is 2. The number of methoxy groups -OCH3 is 1. The predicted molar refractivity (Wildman–Crippen MR) is 207 cm³/mol. The highest BCUT2D eigenvalue weighted by Gasteiger charge is 2.46. The number of aromatic nitrogens is 3. The van der Waals surface area contributed by atoms with Gasteiger partial charge in [0.25, 0.3) is 0 Å². The molecule has 1 fully saturated rings. The Morgan fingerprint density at radius 3 is 2.48 bits per heavy atom. The van der Waals surface area contributed by atoms with Crippen molar-refractivity contribution >= 4 is 23.3 Å². The summed E-state index contributed by atoms with van der Waals surface area (Å²) in [5, 5.41) is 12.0. The summed E-state index contributed by atoms with van der Waals surface area (Å²) < 4.78 is 13.4. The number of rotatable bonds is 17. The zero-order valence-corrected chi connectivity index (χ0v) is 32.5. The van der Waals surface area contributed by atoms with Gasteiger partial charge in [0.15, 0.2) is 0 Å². The van der Waals surface area contributed by atoms with Crippen molar-refractivity contribution in [1.29, 1.82) is 0 Å². The Kier molecular flexibility index (Phi) is 12.3. The molecule has 5 rings (SSSR count). The van der Waals surface area contributed by atoms with Crippen LogP contribution in [0.5, 0.6) is 0 Å². The first kappa shape index (κ1) is 39.1. The molecule has 3 unspecified atom stereocenters. The SMILES string of the molecule is COCCn1nnc2c1-c1ccccc1CN(C(=O)CCC(=O)NCC(C)(C)OCCC(C)(C)C(N)=NCC(C)CC1(C)CC1C)c1ccccc1-2. The molecule has 2 amide bonds. The number of carbonyl (C=O) groups is 2. The minimum atomic E-state index is -0.601. The first-order valence-electron chi connectivity index (χ1n) is 18.8. The molecule has 1 aliphatic carbocycles. The minimum Gasteiger partial charge on any atom is -0.387 e. The topological polar surface area (TPSA) is 137 Å². The van der Waals surface area contributed by atoms with E-state index in [1.165, 1.54) is 12.8 Å². The third-order valence-corrected chi connectivity index (χ3v) is 11.0. The summed E-state index contributed by atoms with van der Waals surface area (Å²) in [5.74, 6) is 1.62. The smallest absolute Gasteiger partial charge is 0.227 e. The van der Waals surface area contributed by atoms with E-state index in [-0.39, 0.29) is 30.1 Å². The van der Waals surface area contributed by atoms with Gasteiger partial charge in [-0.1, -0.05) is 82.3 Å². The van der Waals surface area contributed by atoms with Crippen molar-refractivity contribution in [3.63, 3.8) is 0 Å². The Bertz CT molecular complexity index is 1750. The first-order valence-corrected chi connectivity index (χ1v) is 18.8. The number of para-hydroxylation sites is 1. The van der Waals surface area contributed by atoms with Crippen molar-refractivity contribution in [1.82, 2.24) is 20.3 Å². The Hall–Kier alpha value is -4.09. The zero-order chi connectivity index (χ0) is 37.7. The predicted octanol–water partition coefficient (Wildman–Crippen LogP) is 6.64. The molecule has 11 heteroatoms. The fourth-order valence-corrected chi connectivity index (χ4v) is 7.14. The molecule has 0 bridgehead atoms. The summed E-state index contributed by atoms with van der Waals surface area (Å²) in [4.78, 5) is 33.5. The molecule has 3 atom stereocenters. The fraction of sp³-hybridized carbons (Fsp3) is 0.585. The average molecular weight is 714 g/mol. The van der Waals surface area contributed by atoms with Gasteiger partial charge in [0, 0.05) is 56.2 Å². The highest BCUT2D eigenvalue weighted by Crippen LogP contribution is 2.55. The van der Waals surface area contributed by atoms with Crippen LogP contribution in [0.15, 0.2) is 53.5 Å². The Balaban J connectivity index is 1.14. The van der Waals surface area contributed by atoms with Gasteiger partial charge in [0.05, 0.1) is 42.5 Å². The lowest BCUT2D eigenvalue weighted by atomic mass is 9.88. The van der Waals surface area contributed by atoms with Crippen molar-refractivity contribution in [2.24, 2.45) is 33.4 Å². The highest BCUT2D eigenvalue weighted by molar-refractivity contribution is 6.01. The molecule has 11 nitrogen and oxygen atoms in total. The number of amidine groups is 1. The van der Waals surface area contributed by atoms with Crippen LogP contribution in [0.2, 0.25) is 0 Å². The van der Waals surface area contributed by atoms with Gasteiger partial charge in [0.1, 0.15) is 5.69 Å². The number of anilines is 1. The van der Waals surface area contributed by atoms with Crippen LogP contribution in [-0.2, 0) is 32.2 Å². The molecule has 0 radical (unpaired) electrons. The van der Waals surface area contributed by atoms with Gasteiger partial charge in [0.2, 0.25) is 11.8 Å². The third kappa shape index (κ3) is 9.46. The average Bonchev–Trinajstić information content (AvgIpc) is 3.48. The van der Waals surface area contributed by atoms with Crippen molar-refractivity contribution in [2.45, 2.75) is 99.3 Å². The van der Waals surface area contributed by atoms with Crippen LogP contribution in [0.4, 0.5) is 5.69 Å². The molecule has 1 aromatic heterocycles. The van der Waals surface area contributed by atoms with Crippen LogP contribution in [-0.4, -0.2) is 71.7 Å². The van der Waals surface area contributed by atoms with Crippen LogP contribution in [0.1, 0.15) is 86.1 Å². The van der Waals surface area contributed by atoms with Gasteiger partial charge < -0.3 is 25.4 Å². The standard InChI is InChI=1S/C41H59N7O4/c1-28(23-41(7)24-29(41)2)25-43-38(42)39(3,4)19-21-52-40(5,6)27-44-34(49)17-18-35(50)47-26-30-13-9-10-14-31(30)37-36(32-15-11-12-16-33(32)47)45-46-48(37)20-22-51-8/h9-16,28-29H,17-27H2,1-8H3,(H2,42,43)(H,44,49). The van der Waals surface area contributed by atoms with E-state index >= 15 is 0 Å². The second kappa shape index (κ2) is 16.3. The van der Waals surface area contributed by atoms with Crippen molar-refractivity contribution in [2.75, 3.05) is 38.3 Å². The van der Waals surface area contributed by atoms with Gasteiger partial charge >= 0.3 is 0 Å². The fourth-order valence-electron chi connectivity index (χ4n) is 7.14. The number of benzene rings is 2. The number of hydrogen-bond acceptors (Lipinski definition) is 7. The summed E-state index contributed by atoms with van der Waals surface area (Å²) in [6.45, 7) is 18.0. The Morgan fingerprint density at radius 2 is 1.77 bits per heavy atom. The van der Waals surface area contributed by atoms with E-state index in [2.05, 4.69) is 50.2 Å². The number of nitrogens with one attached hydrogen (secondary N) is 1. The lowest BCUT2D eigenvalue weighted by Crippen LogP contribution is -2.42. The summed E-state index contributed by atoms with van der Waals surface area (Å²) in [5.41, 5.74) is 11.1. The molecular weight excluding hydrogens is 654 g/mol. The van der Waals surface area contributed by atoms with E-state index in [1.807, 2.05) is 67.1 Å².